The molecule has 0 saturated carbocycles. The normalized spacial score (nSPS) is 16.9. The van der Waals surface area contributed by atoms with E-state index in [1.165, 1.54) is 15.6 Å². The molecule has 0 saturated heterocycles. The zero-order valence-electron chi connectivity index (χ0n) is 20.9. The maximum absolute atomic E-state index is 13.7. The zero-order valence-corrected chi connectivity index (χ0v) is 20.9. The molecule has 1 aromatic heterocycles. The molecule has 9 nitrogen and oxygen atoms in total. The summed E-state index contributed by atoms with van der Waals surface area (Å²) in [7, 11) is 1.56. The Morgan fingerprint density at radius 1 is 1.14 bits per heavy atom. The Hall–Kier alpha value is -4.14. The number of hydrogen-bond acceptors (Lipinski definition) is 6. The number of nitrogens with one attached hydrogen (secondary N) is 1. The molecule has 0 spiro atoms. The number of carbonyl (C=O) groups is 3. The summed E-state index contributed by atoms with van der Waals surface area (Å²) in [5.41, 5.74) is 1.79. The molecule has 0 bridgehead atoms. The molecule has 9 heteroatoms. The van der Waals surface area contributed by atoms with Crippen molar-refractivity contribution in [3.63, 3.8) is 0 Å². The fourth-order valence-electron chi connectivity index (χ4n) is 4.28. The van der Waals surface area contributed by atoms with Crippen molar-refractivity contribution in [1.82, 2.24) is 20.0 Å². The number of para-hydroxylation sites is 1. The second-order valence-electron chi connectivity index (χ2n) is 8.94. The van der Waals surface area contributed by atoms with Gasteiger partial charge in [0.05, 0.1) is 26.8 Å². The molecule has 0 aliphatic carbocycles. The Morgan fingerprint density at radius 2 is 1.86 bits per heavy atom. The number of aromatic nitrogens is 2. The summed E-state index contributed by atoms with van der Waals surface area (Å²) >= 11 is 0. The van der Waals surface area contributed by atoms with Gasteiger partial charge in [-0.25, -0.2) is 4.79 Å². The second-order valence-corrected chi connectivity index (χ2v) is 8.94. The Morgan fingerprint density at radius 3 is 2.56 bits per heavy atom. The van der Waals surface area contributed by atoms with Gasteiger partial charge in [-0.1, -0.05) is 48.0 Å². The summed E-state index contributed by atoms with van der Waals surface area (Å²) in [6, 6.07) is 16.6. The predicted octanol–water partition coefficient (Wildman–Crippen LogP) is 3.11. The minimum atomic E-state index is -1.28. The summed E-state index contributed by atoms with van der Waals surface area (Å²) < 4.78 is 11.9. The minimum Gasteiger partial charge on any atom is -0.496 e. The van der Waals surface area contributed by atoms with Gasteiger partial charge in [0.15, 0.2) is 5.69 Å². The van der Waals surface area contributed by atoms with E-state index in [0.717, 1.165) is 16.7 Å². The van der Waals surface area contributed by atoms with E-state index in [2.05, 4.69) is 10.4 Å². The quantitative estimate of drug-likeness (QED) is 0.487. The van der Waals surface area contributed by atoms with Gasteiger partial charge in [-0.05, 0) is 32.4 Å². The summed E-state index contributed by atoms with van der Waals surface area (Å²) in [5, 5.41) is 7.27. The fraction of sp³-hybridized carbons (Fsp3) is 0.333. The number of nitrogens with zero attached hydrogens (tertiary/aromatic N) is 3. The lowest BCUT2D eigenvalue weighted by molar-refractivity contribution is -0.133. The first-order chi connectivity index (χ1) is 17.3. The number of fused-ring (bicyclic) bond motifs is 1. The van der Waals surface area contributed by atoms with Crippen LogP contribution in [0.15, 0.2) is 54.6 Å². The smallest absolute Gasteiger partial charge is 0.358 e. The fourth-order valence-corrected chi connectivity index (χ4v) is 4.28. The topological polar surface area (TPSA) is 103 Å². The lowest BCUT2D eigenvalue weighted by Crippen LogP contribution is -2.63. The number of aryl methyl sites for hydroxylation is 1. The molecule has 1 N–H and O–H groups in total. The van der Waals surface area contributed by atoms with Gasteiger partial charge in [-0.3, -0.25) is 14.3 Å². The van der Waals surface area contributed by atoms with Crippen molar-refractivity contribution in [2.24, 2.45) is 0 Å². The van der Waals surface area contributed by atoms with Crippen LogP contribution in [0, 0.1) is 6.92 Å². The Labute approximate surface area is 210 Å². The van der Waals surface area contributed by atoms with Crippen molar-refractivity contribution >= 4 is 17.8 Å². The molecular weight excluding hydrogens is 460 g/mol. The highest BCUT2D eigenvalue weighted by atomic mass is 16.5. The van der Waals surface area contributed by atoms with E-state index in [4.69, 9.17) is 9.47 Å². The van der Waals surface area contributed by atoms with E-state index in [9.17, 15) is 14.4 Å². The van der Waals surface area contributed by atoms with Crippen LogP contribution >= 0.6 is 0 Å². The molecule has 1 atom stereocenters. The first kappa shape index (κ1) is 25.0. The summed E-state index contributed by atoms with van der Waals surface area (Å²) in [4.78, 5) is 41.2. The molecule has 2 amide bonds. The van der Waals surface area contributed by atoms with E-state index in [1.807, 2.05) is 55.5 Å². The molecule has 2 heterocycles. The number of hydrogen-bond donors (Lipinski definition) is 1. The van der Waals surface area contributed by atoms with Gasteiger partial charge in [0.1, 0.15) is 17.0 Å². The molecule has 1 aliphatic rings. The third kappa shape index (κ3) is 4.82. The van der Waals surface area contributed by atoms with Crippen LogP contribution in [-0.4, -0.2) is 51.7 Å². The van der Waals surface area contributed by atoms with Gasteiger partial charge < -0.3 is 19.7 Å². The largest absolute Gasteiger partial charge is 0.496 e. The number of ether oxygens (including phenoxy) is 2. The van der Waals surface area contributed by atoms with Crippen LogP contribution in [0.25, 0.3) is 0 Å². The standard InChI is InChI=1S/C27H30N4O5/c1-5-36-25(33)21-14-22-24(32)30(16-20-8-6-7-9-23(20)35-4)27(3,17-31(22)29-21)26(34)28-15-19-12-10-18(2)11-13-19/h6-14H,5,15-17H2,1-4H3,(H,28,34)/t27-/m1/s1. The van der Waals surface area contributed by atoms with Crippen molar-refractivity contribution in [1.29, 1.82) is 0 Å². The maximum Gasteiger partial charge on any atom is 0.358 e. The molecule has 188 valence electrons. The monoisotopic (exact) mass is 490 g/mol. The lowest BCUT2D eigenvalue weighted by atomic mass is 9.93. The first-order valence-corrected chi connectivity index (χ1v) is 11.8. The van der Waals surface area contributed by atoms with Crippen LogP contribution in [0.4, 0.5) is 0 Å². The SMILES string of the molecule is CCOC(=O)c1cc2n(n1)C[C@](C)(C(=O)NCc1ccc(C)cc1)N(Cc1ccccc1OC)C2=O. The number of amides is 2. The van der Waals surface area contributed by atoms with Crippen LogP contribution in [-0.2, 0) is 29.2 Å². The summed E-state index contributed by atoms with van der Waals surface area (Å²) in [6.45, 7) is 6.11. The van der Waals surface area contributed by atoms with Crippen LogP contribution in [0.3, 0.4) is 0 Å². The Balaban J connectivity index is 1.69. The van der Waals surface area contributed by atoms with E-state index in [1.54, 1.807) is 21.0 Å². The Kier molecular flexibility index (Phi) is 7.10. The third-order valence-electron chi connectivity index (χ3n) is 6.37. The lowest BCUT2D eigenvalue weighted by Gasteiger charge is -2.43. The molecule has 2 aromatic carbocycles. The van der Waals surface area contributed by atoms with Gasteiger partial charge in [0.25, 0.3) is 5.91 Å². The second kappa shape index (κ2) is 10.2. The van der Waals surface area contributed by atoms with Crippen molar-refractivity contribution in [2.45, 2.75) is 45.9 Å². The molecule has 0 unspecified atom stereocenters. The minimum absolute atomic E-state index is 0.0294. The predicted molar refractivity (Wildman–Crippen MR) is 132 cm³/mol. The van der Waals surface area contributed by atoms with Crippen molar-refractivity contribution < 1.29 is 23.9 Å². The van der Waals surface area contributed by atoms with E-state index in [0.29, 0.717) is 12.3 Å². The molecule has 3 aromatic rings. The number of methoxy groups -OCH3 is 1. The molecule has 0 radical (unpaired) electrons. The molecule has 0 fully saturated rings. The van der Waals surface area contributed by atoms with Gasteiger partial charge in [0, 0.05) is 18.2 Å². The van der Waals surface area contributed by atoms with Gasteiger partial charge in [-0.2, -0.15) is 5.10 Å². The van der Waals surface area contributed by atoms with Gasteiger partial charge in [0.2, 0.25) is 5.91 Å². The summed E-state index contributed by atoms with van der Waals surface area (Å²) in [6.07, 6.45) is 0. The van der Waals surface area contributed by atoms with Crippen LogP contribution < -0.4 is 10.1 Å². The number of carbonyl (C=O) groups excluding carboxylic acids is 3. The van der Waals surface area contributed by atoms with Crippen LogP contribution in [0.1, 0.15) is 51.5 Å². The van der Waals surface area contributed by atoms with Gasteiger partial charge in [-0.15, -0.1) is 0 Å². The van der Waals surface area contributed by atoms with Crippen molar-refractivity contribution in [2.75, 3.05) is 13.7 Å². The Bertz CT molecular complexity index is 1280. The number of benzene rings is 2. The average Bonchev–Trinajstić information content (AvgIpc) is 3.30. The highest BCUT2D eigenvalue weighted by Gasteiger charge is 2.48. The zero-order chi connectivity index (χ0) is 25.9. The van der Waals surface area contributed by atoms with E-state index in [-0.39, 0.29) is 37.0 Å². The van der Waals surface area contributed by atoms with E-state index >= 15 is 0 Å². The molecule has 1 aliphatic heterocycles. The summed E-state index contributed by atoms with van der Waals surface area (Å²) in [5.74, 6) is -0.749. The van der Waals surface area contributed by atoms with Crippen molar-refractivity contribution in [3.05, 3.63) is 82.7 Å². The first-order valence-electron chi connectivity index (χ1n) is 11.8. The number of esters is 1. The highest BCUT2D eigenvalue weighted by molar-refractivity contribution is 6.01. The average molecular weight is 491 g/mol. The third-order valence-corrected chi connectivity index (χ3v) is 6.37. The van der Waals surface area contributed by atoms with Crippen LogP contribution in [0.2, 0.25) is 0 Å². The highest BCUT2D eigenvalue weighted by Crippen LogP contribution is 2.31. The maximum atomic E-state index is 13.7. The number of rotatable bonds is 8. The van der Waals surface area contributed by atoms with Crippen molar-refractivity contribution in [3.8, 4) is 5.75 Å². The van der Waals surface area contributed by atoms with Crippen LogP contribution in [0.5, 0.6) is 5.75 Å². The van der Waals surface area contributed by atoms with Gasteiger partial charge >= 0.3 is 5.97 Å². The molecule has 4 rings (SSSR count). The van der Waals surface area contributed by atoms with E-state index < -0.39 is 17.4 Å². The molecular formula is C27H30N4O5. The molecule has 36 heavy (non-hydrogen) atoms.